The van der Waals surface area contributed by atoms with Gasteiger partial charge < -0.3 is 10.6 Å². The Kier molecular flexibility index (Phi) is 11.0. The first-order valence-corrected chi connectivity index (χ1v) is 17.9. The first-order valence-electron chi connectivity index (χ1n) is 14.2. The van der Waals surface area contributed by atoms with Gasteiger partial charge in [-0.25, -0.2) is 16.8 Å². The zero-order valence-electron chi connectivity index (χ0n) is 25.1. The summed E-state index contributed by atoms with van der Waals surface area (Å²) in [5, 5.41) is 5.60. The average molecular weight is 649 g/mol. The molecule has 12 heteroatoms. The van der Waals surface area contributed by atoms with E-state index in [2.05, 4.69) is 10.6 Å². The first-order chi connectivity index (χ1) is 21.4. The van der Waals surface area contributed by atoms with Crippen LogP contribution in [0.1, 0.15) is 38.3 Å². The molecule has 236 valence electrons. The Labute approximate surface area is 264 Å². The first kappa shape index (κ1) is 33.2. The van der Waals surface area contributed by atoms with Gasteiger partial charge in [0.05, 0.1) is 48.1 Å². The second-order valence-electron chi connectivity index (χ2n) is 10.4. The van der Waals surface area contributed by atoms with E-state index in [0.717, 1.165) is 23.6 Å². The van der Waals surface area contributed by atoms with Crippen molar-refractivity contribution in [1.29, 1.82) is 0 Å². The maximum atomic E-state index is 13.1. The second-order valence-corrected chi connectivity index (χ2v) is 14.2. The van der Waals surface area contributed by atoms with Crippen molar-refractivity contribution in [3.8, 4) is 0 Å². The summed E-state index contributed by atoms with van der Waals surface area (Å²) in [5.74, 6) is -0.901. The monoisotopic (exact) mass is 648 g/mol. The molecule has 4 aromatic rings. The molecule has 0 heterocycles. The summed E-state index contributed by atoms with van der Waals surface area (Å²) >= 11 is 0. The number of nitrogens with one attached hydrogen (secondary N) is 2. The number of para-hydroxylation sites is 2. The van der Waals surface area contributed by atoms with Crippen molar-refractivity contribution in [3.05, 3.63) is 131 Å². The Balaban J connectivity index is 1.39. The molecule has 0 unspecified atom stereocenters. The molecule has 0 spiro atoms. The van der Waals surface area contributed by atoms with Gasteiger partial charge in [0.2, 0.25) is 20.0 Å². The average Bonchev–Trinajstić information content (AvgIpc) is 3.02. The molecule has 0 aliphatic heterocycles. The standard InChI is InChI=1S/C33H36N4O6S2/c1-44(40,41)36(24-26-14-5-3-6-15-26)30-20-11-9-18-28(30)32(38)34-22-13-23-35-33(39)29-19-10-12-21-31(29)37(45(2,42)43)25-27-16-7-4-8-17-27/h3-12,14-21H,13,22-25H2,1-2H3,(H,34,38)(H,35,39). The number of benzene rings is 4. The molecule has 2 N–H and O–H groups in total. The van der Waals surface area contributed by atoms with Crippen LogP contribution in [0.3, 0.4) is 0 Å². The molecule has 0 radical (unpaired) electrons. The number of sulfonamides is 2. The van der Waals surface area contributed by atoms with E-state index in [-0.39, 0.29) is 48.7 Å². The lowest BCUT2D eigenvalue weighted by atomic mass is 10.1. The third-order valence-electron chi connectivity index (χ3n) is 6.90. The molecule has 0 fully saturated rings. The molecule has 2 amide bonds. The van der Waals surface area contributed by atoms with E-state index in [1.807, 2.05) is 60.7 Å². The van der Waals surface area contributed by atoms with Gasteiger partial charge in [-0.05, 0) is 41.8 Å². The van der Waals surface area contributed by atoms with Gasteiger partial charge in [0.1, 0.15) is 0 Å². The molecule has 0 aromatic heterocycles. The van der Waals surface area contributed by atoms with E-state index < -0.39 is 31.9 Å². The number of amides is 2. The predicted molar refractivity (Wildman–Crippen MR) is 177 cm³/mol. The number of carbonyl (C=O) groups excluding carboxylic acids is 2. The molecular weight excluding hydrogens is 613 g/mol. The summed E-state index contributed by atoms with van der Waals surface area (Å²) in [6, 6.07) is 31.2. The van der Waals surface area contributed by atoms with Crippen molar-refractivity contribution >= 4 is 43.2 Å². The maximum absolute atomic E-state index is 13.1. The van der Waals surface area contributed by atoms with Gasteiger partial charge in [-0.1, -0.05) is 84.9 Å². The summed E-state index contributed by atoms with van der Waals surface area (Å²) < 4.78 is 53.3. The van der Waals surface area contributed by atoms with Crippen LogP contribution in [-0.2, 0) is 33.1 Å². The van der Waals surface area contributed by atoms with Crippen molar-refractivity contribution in [2.75, 3.05) is 34.2 Å². The summed E-state index contributed by atoms with van der Waals surface area (Å²) in [6.45, 7) is 0.547. The molecule has 0 bridgehead atoms. The van der Waals surface area contributed by atoms with Crippen LogP contribution in [0.2, 0.25) is 0 Å². The highest BCUT2D eigenvalue weighted by molar-refractivity contribution is 7.92. The lowest BCUT2D eigenvalue weighted by molar-refractivity contribution is 0.0952. The molecule has 4 rings (SSSR count). The number of hydrogen-bond donors (Lipinski definition) is 2. The van der Waals surface area contributed by atoms with Gasteiger partial charge in [0.15, 0.2) is 0 Å². The lowest BCUT2D eigenvalue weighted by Crippen LogP contribution is -2.34. The Morgan fingerprint density at radius 1 is 0.533 bits per heavy atom. The van der Waals surface area contributed by atoms with E-state index in [1.165, 1.54) is 8.61 Å². The normalized spacial score (nSPS) is 11.4. The fourth-order valence-electron chi connectivity index (χ4n) is 4.71. The minimum absolute atomic E-state index is 0.0690. The third-order valence-corrected chi connectivity index (χ3v) is 9.15. The number of nitrogens with zero attached hydrogens (tertiary/aromatic N) is 2. The molecule has 45 heavy (non-hydrogen) atoms. The summed E-state index contributed by atoms with van der Waals surface area (Å²) in [4.78, 5) is 26.3. The highest BCUT2D eigenvalue weighted by atomic mass is 32.2. The molecule has 0 saturated heterocycles. The van der Waals surface area contributed by atoms with Gasteiger partial charge in [0, 0.05) is 13.1 Å². The van der Waals surface area contributed by atoms with E-state index >= 15 is 0 Å². The van der Waals surface area contributed by atoms with Crippen molar-refractivity contribution in [1.82, 2.24) is 10.6 Å². The zero-order valence-corrected chi connectivity index (χ0v) is 26.7. The van der Waals surface area contributed by atoms with Crippen LogP contribution in [0.25, 0.3) is 0 Å². The lowest BCUT2D eigenvalue weighted by Gasteiger charge is -2.25. The van der Waals surface area contributed by atoms with Gasteiger partial charge in [-0.3, -0.25) is 18.2 Å². The van der Waals surface area contributed by atoms with Crippen LogP contribution >= 0.6 is 0 Å². The Morgan fingerprint density at radius 2 is 0.867 bits per heavy atom. The molecule has 4 aromatic carbocycles. The van der Waals surface area contributed by atoms with Crippen LogP contribution in [0.4, 0.5) is 11.4 Å². The molecule has 0 saturated carbocycles. The largest absolute Gasteiger partial charge is 0.352 e. The smallest absolute Gasteiger partial charge is 0.253 e. The quantitative estimate of drug-likeness (QED) is 0.197. The summed E-state index contributed by atoms with van der Waals surface area (Å²) in [5.41, 5.74) is 2.48. The molecular formula is C33H36N4O6S2. The predicted octanol–water partition coefficient (Wildman–Crippen LogP) is 4.17. The van der Waals surface area contributed by atoms with E-state index in [1.54, 1.807) is 48.5 Å². The molecule has 10 nitrogen and oxygen atoms in total. The Bertz CT molecular complexity index is 1700. The van der Waals surface area contributed by atoms with Crippen LogP contribution < -0.4 is 19.2 Å². The zero-order chi connectivity index (χ0) is 32.5. The molecule has 0 aliphatic rings. The van der Waals surface area contributed by atoms with E-state index in [4.69, 9.17) is 0 Å². The fraction of sp³-hybridized carbons (Fsp3) is 0.212. The van der Waals surface area contributed by atoms with E-state index in [0.29, 0.717) is 6.42 Å². The summed E-state index contributed by atoms with van der Waals surface area (Å²) in [7, 11) is -7.42. The Hall–Kier alpha value is -4.68. The summed E-state index contributed by atoms with van der Waals surface area (Å²) in [6.07, 6.45) is 2.58. The number of rotatable bonds is 14. The Morgan fingerprint density at radius 3 is 1.22 bits per heavy atom. The fourth-order valence-corrected chi connectivity index (χ4v) is 6.51. The topological polar surface area (TPSA) is 133 Å². The number of anilines is 2. The van der Waals surface area contributed by atoms with Crippen molar-refractivity contribution in [2.24, 2.45) is 0 Å². The van der Waals surface area contributed by atoms with Crippen LogP contribution in [0.5, 0.6) is 0 Å². The minimum Gasteiger partial charge on any atom is -0.352 e. The van der Waals surface area contributed by atoms with Gasteiger partial charge in [-0.15, -0.1) is 0 Å². The van der Waals surface area contributed by atoms with Crippen molar-refractivity contribution in [2.45, 2.75) is 19.5 Å². The third kappa shape index (κ3) is 9.16. The van der Waals surface area contributed by atoms with Crippen LogP contribution in [0, 0.1) is 0 Å². The highest BCUT2D eigenvalue weighted by Crippen LogP contribution is 2.26. The SMILES string of the molecule is CS(=O)(=O)N(Cc1ccccc1)c1ccccc1C(=O)NCCCNC(=O)c1ccccc1N(Cc1ccccc1)S(C)(=O)=O. The van der Waals surface area contributed by atoms with Gasteiger partial charge in [-0.2, -0.15) is 0 Å². The van der Waals surface area contributed by atoms with Crippen LogP contribution in [-0.4, -0.2) is 54.3 Å². The second kappa shape index (κ2) is 14.9. The van der Waals surface area contributed by atoms with E-state index in [9.17, 15) is 26.4 Å². The van der Waals surface area contributed by atoms with Gasteiger partial charge >= 0.3 is 0 Å². The highest BCUT2D eigenvalue weighted by Gasteiger charge is 2.25. The van der Waals surface area contributed by atoms with Crippen molar-refractivity contribution < 1.29 is 26.4 Å². The van der Waals surface area contributed by atoms with Gasteiger partial charge in [0.25, 0.3) is 11.8 Å². The molecule has 0 aliphatic carbocycles. The number of carbonyl (C=O) groups is 2. The maximum Gasteiger partial charge on any atom is 0.253 e. The number of hydrogen-bond acceptors (Lipinski definition) is 6. The van der Waals surface area contributed by atoms with Crippen LogP contribution in [0.15, 0.2) is 109 Å². The van der Waals surface area contributed by atoms with Crippen molar-refractivity contribution in [3.63, 3.8) is 0 Å². The molecule has 0 atom stereocenters. The minimum atomic E-state index is -3.71.